The van der Waals surface area contributed by atoms with E-state index < -0.39 is 0 Å². The summed E-state index contributed by atoms with van der Waals surface area (Å²) in [6.07, 6.45) is 0. The number of pyridine rings is 1. The maximum absolute atomic E-state index is 13.3. The summed E-state index contributed by atoms with van der Waals surface area (Å²) in [5, 5.41) is 1.04. The second-order valence-electron chi connectivity index (χ2n) is 3.65. The third-order valence-electron chi connectivity index (χ3n) is 2.50. The zero-order valence-electron chi connectivity index (χ0n) is 8.56. The third kappa shape index (κ3) is 1.27. The van der Waals surface area contributed by atoms with Gasteiger partial charge in [-0.3, -0.25) is 4.98 Å². The molecule has 0 spiro atoms. The normalized spacial score (nSPS) is 10.9. The Bertz CT molecular complexity index is 503. The average Bonchev–Trinajstić information content (AvgIpc) is 2.12. The SMILES string of the molecule is Cc1cc(C)c2ccc(F)c(C)c2n1. The Balaban J connectivity index is 2.95. The minimum atomic E-state index is -0.185. The number of hydrogen-bond acceptors (Lipinski definition) is 1. The summed E-state index contributed by atoms with van der Waals surface area (Å²) in [4.78, 5) is 4.36. The van der Waals surface area contributed by atoms with Crippen LogP contribution >= 0.6 is 0 Å². The van der Waals surface area contributed by atoms with E-state index in [2.05, 4.69) is 4.98 Å². The molecule has 0 amide bonds. The minimum absolute atomic E-state index is 0.185. The molecule has 72 valence electrons. The molecule has 0 aliphatic rings. The highest BCUT2D eigenvalue weighted by molar-refractivity contribution is 5.85. The number of benzene rings is 1. The highest BCUT2D eigenvalue weighted by atomic mass is 19.1. The van der Waals surface area contributed by atoms with E-state index in [1.165, 1.54) is 6.07 Å². The number of aromatic nitrogens is 1. The maximum atomic E-state index is 13.3. The van der Waals surface area contributed by atoms with Crippen LogP contribution in [0.4, 0.5) is 4.39 Å². The van der Waals surface area contributed by atoms with E-state index in [4.69, 9.17) is 0 Å². The van der Waals surface area contributed by atoms with E-state index in [-0.39, 0.29) is 5.82 Å². The first-order valence-corrected chi connectivity index (χ1v) is 4.62. The predicted molar refractivity (Wildman–Crippen MR) is 55.9 cm³/mol. The van der Waals surface area contributed by atoms with Crippen LogP contribution in [-0.2, 0) is 0 Å². The molecular weight excluding hydrogens is 177 g/mol. The fourth-order valence-corrected chi connectivity index (χ4v) is 1.74. The van der Waals surface area contributed by atoms with E-state index in [0.717, 1.165) is 22.2 Å². The molecule has 0 aliphatic heterocycles. The van der Waals surface area contributed by atoms with Gasteiger partial charge >= 0.3 is 0 Å². The molecule has 0 fully saturated rings. The van der Waals surface area contributed by atoms with Gasteiger partial charge in [-0.05, 0) is 44.5 Å². The molecule has 1 aromatic carbocycles. The second-order valence-corrected chi connectivity index (χ2v) is 3.65. The van der Waals surface area contributed by atoms with Crippen molar-refractivity contribution in [1.29, 1.82) is 0 Å². The predicted octanol–water partition coefficient (Wildman–Crippen LogP) is 3.30. The van der Waals surface area contributed by atoms with Crippen molar-refractivity contribution in [3.63, 3.8) is 0 Å². The first-order valence-electron chi connectivity index (χ1n) is 4.62. The molecule has 0 N–H and O–H groups in total. The molecule has 1 aromatic heterocycles. The highest BCUT2D eigenvalue weighted by Crippen LogP contribution is 2.22. The summed E-state index contributed by atoms with van der Waals surface area (Å²) in [7, 11) is 0. The van der Waals surface area contributed by atoms with Crippen molar-refractivity contribution in [1.82, 2.24) is 4.98 Å². The van der Waals surface area contributed by atoms with Crippen molar-refractivity contribution >= 4 is 10.9 Å². The number of aryl methyl sites for hydroxylation is 3. The summed E-state index contributed by atoms with van der Waals surface area (Å²) in [5.74, 6) is -0.185. The summed E-state index contributed by atoms with van der Waals surface area (Å²) in [6, 6.07) is 5.31. The van der Waals surface area contributed by atoms with Gasteiger partial charge in [0.2, 0.25) is 0 Å². The number of rotatable bonds is 0. The van der Waals surface area contributed by atoms with Crippen LogP contribution < -0.4 is 0 Å². The molecule has 0 radical (unpaired) electrons. The quantitative estimate of drug-likeness (QED) is 0.619. The second kappa shape index (κ2) is 3.05. The van der Waals surface area contributed by atoms with E-state index in [1.54, 1.807) is 13.0 Å². The van der Waals surface area contributed by atoms with Crippen molar-refractivity contribution in [2.24, 2.45) is 0 Å². The molecule has 0 aliphatic carbocycles. The van der Waals surface area contributed by atoms with Crippen molar-refractivity contribution < 1.29 is 4.39 Å². The van der Waals surface area contributed by atoms with Gasteiger partial charge in [-0.1, -0.05) is 0 Å². The Morgan fingerprint density at radius 1 is 1.14 bits per heavy atom. The number of hydrogen-bond donors (Lipinski definition) is 0. The molecule has 0 bridgehead atoms. The zero-order valence-corrected chi connectivity index (χ0v) is 8.56. The molecule has 14 heavy (non-hydrogen) atoms. The lowest BCUT2D eigenvalue weighted by Crippen LogP contribution is -1.92. The monoisotopic (exact) mass is 189 g/mol. The van der Waals surface area contributed by atoms with Crippen molar-refractivity contribution in [2.75, 3.05) is 0 Å². The van der Waals surface area contributed by atoms with Gasteiger partial charge in [0, 0.05) is 16.6 Å². The Morgan fingerprint density at radius 2 is 1.86 bits per heavy atom. The Kier molecular flexibility index (Phi) is 1.99. The molecule has 1 nitrogen and oxygen atoms in total. The van der Waals surface area contributed by atoms with Gasteiger partial charge < -0.3 is 0 Å². The summed E-state index contributed by atoms with van der Waals surface area (Å²) in [6.45, 7) is 5.72. The lowest BCUT2D eigenvalue weighted by molar-refractivity contribution is 0.620. The van der Waals surface area contributed by atoms with Crippen LogP contribution in [0, 0.1) is 26.6 Å². The molecular formula is C12H12FN. The van der Waals surface area contributed by atoms with Crippen LogP contribution in [0.5, 0.6) is 0 Å². The third-order valence-corrected chi connectivity index (χ3v) is 2.50. The minimum Gasteiger partial charge on any atom is -0.253 e. The lowest BCUT2D eigenvalue weighted by Gasteiger charge is -2.06. The summed E-state index contributed by atoms with van der Waals surface area (Å²) < 4.78 is 13.3. The van der Waals surface area contributed by atoms with Crippen molar-refractivity contribution in [3.05, 3.63) is 40.8 Å². The van der Waals surface area contributed by atoms with E-state index >= 15 is 0 Å². The largest absolute Gasteiger partial charge is 0.253 e. The topological polar surface area (TPSA) is 12.9 Å². The first-order chi connectivity index (χ1) is 6.59. The fourth-order valence-electron chi connectivity index (χ4n) is 1.74. The molecule has 2 rings (SSSR count). The van der Waals surface area contributed by atoms with E-state index in [9.17, 15) is 4.39 Å². The van der Waals surface area contributed by atoms with Crippen LogP contribution in [0.1, 0.15) is 16.8 Å². The summed E-state index contributed by atoms with van der Waals surface area (Å²) in [5.41, 5.74) is 3.50. The van der Waals surface area contributed by atoms with Crippen molar-refractivity contribution in [2.45, 2.75) is 20.8 Å². The van der Waals surface area contributed by atoms with Gasteiger partial charge in [-0.25, -0.2) is 4.39 Å². The van der Waals surface area contributed by atoms with Crippen molar-refractivity contribution in [3.8, 4) is 0 Å². The molecule has 0 unspecified atom stereocenters. The van der Waals surface area contributed by atoms with Crippen LogP contribution in [0.3, 0.4) is 0 Å². The van der Waals surface area contributed by atoms with Crippen LogP contribution in [-0.4, -0.2) is 4.98 Å². The lowest BCUT2D eigenvalue weighted by atomic mass is 10.1. The number of nitrogens with zero attached hydrogens (tertiary/aromatic N) is 1. The number of halogens is 1. The Hall–Kier alpha value is -1.44. The van der Waals surface area contributed by atoms with E-state index in [1.807, 2.05) is 19.9 Å². The molecule has 0 atom stereocenters. The molecule has 0 saturated carbocycles. The fraction of sp³-hybridized carbons (Fsp3) is 0.250. The van der Waals surface area contributed by atoms with Crippen LogP contribution in [0.25, 0.3) is 10.9 Å². The average molecular weight is 189 g/mol. The standard InChI is InChI=1S/C12H12FN/c1-7-6-8(2)14-12-9(3)11(13)5-4-10(7)12/h4-6H,1-3H3. The van der Waals surface area contributed by atoms with E-state index in [0.29, 0.717) is 5.56 Å². The number of fused-ring (bicyclic) bond motifs is 1. The smallest absolute Gasteiger partial charge is 0.128 e. The Morgan fingerprint density at radius 3 is 2.57 bits per heavy atom. The molecule has 2 heteroatoms. The maximum Gasteiger partial charge on any atom is 0.128 e. The highest BCUT2D eigenvalue weighted by Gasteiger charge is 2.06. The van der Waals surface area contributed by atoms with Crippen LogP contribution in [0.15, 0.2) is 18.2 Å². The van der Waals surface area contributed by atoms with Gasteiger partial charge in [-0.2, -0.15) is 0 Å². The van der Waals surface area contributed by atoms with Crippen LogP contribution in [0.2, 0.25) is 0 Å². The van der Waals surface area contributed by atoms with Gasteiger partial charge in [0.05, 0.1) is 5.52 Å². The molecule has 0 saturated heterocycles. The zero-order chi connectivity index (χ0) is 10.3. The van der Waals surface area contributed by atoms with Gasteiger partial charge in [0.25, 0.3) is 0 Å². The molecule has 1 heterocycles. The Labute approximate surface area is 82.6 Å². The van der Waals surface area contributed by atoms with Gasteiger partial charge in [0.15, 0.2) is 0 Å². The molecule has 2 aromatic rings. The summed E-state index contributed by atoms with van der Waals surface area (Å²) >= 11 is 0. The van der Waals surface area contributed by atoms with Gasteiger partial charge in [-0.15, -0.1) is 0 Å². The first kappa shape index (κ1) is 9.13. The van der Waals surface area contributed by atoms with Gasteiger partial charge in [0.1, 0.15) is 5.82 Å².